The van der Waals surface area contributed by atoms with E-state index < -0.39 is 15.3 Å². The number of ketones is 1. The Labute approximate surface area is 178 Å². The number of sulfonamides is 1. The van der Waals surface area contributed by atoms with Gasteiger partial charge in [0, 0.05) is 16.6 Å². The summed E-state index contributed by atoms with van der Waals surface area (Å²) in [4.78, 5) is 12.9. The van der Waals surface area contributed by atoms with Crippen LogP contribution >= 0.6 is 11.8 Å². The highest BCUT2D eigenvalue weighted by Crippen LogP contribution is 2.29. The number of nitrogens with one attached hydrogen (secondary N) is 1. The molecule has 1 atom stereocenters. The molecule has 9 heteroatoms. The van der Waals surface area contributed by atoms with E-state index in [0.29, 0.717) is 16.4 Å². The minimum Gasteiger partial charge on any atom is -0.293 e. The predicted molar refractivity (Wildman–Crippen MR) is 120 cm³/mol. The number of thioether (sulfide) groups is 1. The van der Waals surface area contributed by atoms with Crippen molar-refractivity contribution in [1.82, 2.24) is 14.6 Å². The van der Waals surface area contributed by atoms with Crippen LogP contribution in [0.15, 0.2) is 59.8 Å². The van der Waals surface area contributed by atoms with Gasteiger partial charge >= 0.3 is 0 Å². The number of carbonyl (C=O) groups is 1. The SMILES string of the molecule is Cc1cc2nnc(S[C@H](C)C(=O)c3ccc(NS(C)(=O)=O)cc3)n2c2ccccc12. The number of fused-ring (bicyclic) bond motifs is 3. The van der Waals surface area contributed by atoms with Crippen LogP contribution in [0.25, 0.3) is 16.6 Å². The summed E-state index contributed by atoms with van der Waals surface area (Å²) in [7, 11) is -3.36. The molecule has 7 nitrogen and oxygen atoms in total. The van der Waals surface area contributed by atoms with E-state index >= 15 is 0 Å². The van der Waals surface area contributed by atoms with Crippen LogP contribution in [0.2, 0.25) is 0 Å². The van der Waals surface area contributed by atoms with Crippen LogP contribution in [-0.4, -0.2) is 40.3 Å². The van der Waals surface area contributed by atoms with Crippen molar-refractivity contribution in [3.05, 3.63) is 65.7 Å². The van der Waals surface area contributed by atoms with E-state index in [1.54, 1.807) is 24.3 Å². The number of benzene rings is 2. The number of Topliss-reactive ketones (excluding diaryl/α,β-unsaturated/α-hetero) is 1. The molecule has 0 aliphatic rings. The monoisotopic (exact) mass is 440 g/mol. The number of carbonyl (C=O) groups excluding carboxylic acids is 1. The summed E-state index contributed by atoms with van der Waals surface area (Å²) in [6, 6.07) is 16.4. The van der Waals surface area contributed by atoms with Crippen LogP contribution in [0.4, 0.5) is 5.69 Å². The number of anilines is 1. The van der Waals surface area contributed by atoms with Crippen molar-refractivity contribution in [3.63, 3.8) is 0 Å². The van der Waals surface area contributed by atoms with Crippen molar-refractivity contribution in [3.8, 4) is 0 Å². The molecule has 4 aromatic rings. The second-order valence-corrected chi connectivity index (χ2v) is 10.2. The molecule has 0 spiro atoms. The lowest BCUT2D eigenvalue weighted by atomic mass is 10.1. The fraction of sp³-hybridized carbons (Fsp3) is 0.190. The second kappa shape index (κ2) is 7.73. The third-order valence-corrected chi connectivity index (χ3v) is 6.35. The van der Waals surface area contributed by atoms with Crippen molar-refractivity contribution in [1.29, 1.82) is 0 Å². The zero-order valence-corrected chi connectivity index (χ0v) is 18.3. The number of pyridine rings is 1. The number of aryl methyl sites for hydroxylation is 1. The number of nitrogens with zero attached hydrogens (tertiary/aromatic N) is 3. The zero-order chi connectivity index (χ0) is 21.5. The summed E-state index contributed by atoms with van der Waals surface area (Å²) >= 11 is 1.35. The zero-order valence-electron chi connectivity index (χ0n) is 16.7. The van der Waals surface area contributed by atoms with Gasteiger partial charge in [0.15, 0.2) is 16.6 Å². The van der Waals surface area contributed by atoms with Gasteiger partial charge in [0.1, 0.15) is 0 Å². The number of rotatable bonds is 6. The smallest absolute Gasteiger partial charge is 0.229 e. The van der Waals surface area contributed by atoms with E-state index in [0.717, 1.165) is 28.4 Å². The molecule has 0 unspecified atom stereocenters. The third-order valence-electron chi connectivity index (χ3n) is 4.70. The topological polar surface area (TPSA) is 93.4 Å². The molecule has 0 saturated carbocycles. The van der Waals surface area contributed by atoms with Crippen LogP contribution in [0.1, 0.15) is 22.8 Å². The molecule has 1 N–H and O–H groups in total. The summed E-state index contributed by atoms with van der Waals surface area (Å²) in [6.07, 6.45) is 1.08. The molecule has 0 fully saturated rings. The number of hydrogen-bond donors (Lipinski definition) is 1. The molecule has 154 valence electrons. The molecule has 0 bridgehead atoms. The summed E-state index contributed by atoms with van der Waals surface area (Å²) < 4.78 is 27.0. The maximum atomic E-state index is 12.9. The molecule has 4 rings (SSSR count). The Morgan fingerprint density at radius 1 is 1.10 bits per heavy atom. The summed E-state index contributed by atoms with van der Waals surface area (Å²) in [5.74, 6) is -0.0703. The lowest BCUT2D eigenvalue weighted by Crippen LogP contribution is -2.14. The highest BCUT2D eigenvalue weighted by molar-refractivity contribution is 8.00. The van der Waals surface area contributed by atoms with E-state index in [1.807, 2.05) is 42.5 Å². The lowest BCUT2D eigenvalue weighted by molar-refractivity contribution is 0.0994. The van der Waals surface area contributed by atoms with Crippen LogP contribution < -0.4 is 4.72 Å². The van der Waals surface area contributed by atoms with Crippen molar-refractivity contribution in [2.75, 3.05) is 11.0 Å². The molecular weight excluding hydrogens is 420 g/mol. The Morgan fingerprint density at radius 3 is 2.50 bits per heavy atom. The maximum absolute atomic E-state index is 12.9. The van der Waals surface area contributed by atoms with E-state index in [2.05, 4.69) is 21.0 Å². The van der Waals surface area contributed by atoms with Gasteiger partial charge in [0.05, 0.1) is 17.0 Å². The third kappa shape index (κ3) is 4.03. The van der Waals surface area contributed by atoms with Crippen LogP contribution in [-0.2, 0) is 10.0 Å². The average Bonchev–Trinajstić information content (AvgIpc) is 3.09. The Morgan fingerprint density at radius 2 is 1.80 bits per heavy atom. The molecule has 2 aromatic carbocycles. The van der Waals surface area contributed by atoms with Gasteiger partial charge in [0.25, 0.3) is 0 Å². The first kappa shape index (κ1) is 20.4. The largest absolute Gasteiger partial charge is 0.293 e. The Balaban J connectivity index is 1.61. The quantitative estimate of drug-likeness (QED) is 0.361. The minimum atomic E-state index is -3.36. The van der Waals surface area contributed by atoms with Gasteiger partial charge < -0.3 is 0 Å². The summed E-state index contributed by atoms with van der Waals surface area (Å²) in [6.45, 7) is 3.87. The van der Waals surface area contributed by atoms with Crippen LogP contribution in [0, 0.1) is 6.92 Å². The van der Waals surface area contributed by atoms with E-state index in [9.17, 15) is 13.2 Å². The van der Waals surface area contributed by atoms with Crippen molar-refractivity contribution < 1.29 is 13.2 Å². The second-order valence-electron chi connectivity index (χ2n) is 7.10. The first-order valence-corrected chi connectivity index (χ1v) is 12.0. The van der Waals surface area contributed by atoms with Crippen molar-refractivity contribution in [2.45, 2.75) is 24.3 Å². The number of para-hydroxylation sites is 1. The fourth-order valence-corrected chi connectivity index (χ4v) is 4.82. The highest BCUT2D eigenvalue weighted by Gasteiger charge is 2.20. The van der Waals surface area contributed by atoms with Gasteiger partial charge in [-0.05, 0) is 55.8 Å². The summed E-state index contributed by atoms with van der Waals surface area (Å²) in [5.41, 5.74) is 3.78. The lowest BCUT2D eigenvalue weighted by Gasteiger charge is -2.11. The average molecular weight is 441 g/mol. The predicted octanol–water partition coefficient (Wildman–Crippen LogP) is 3.93. The van der Waals surface area contributed by atoms with Gasteiger partial charge in [-0.15, -0.1) is 10.2 Å². The van der Waals surface area contributed by atoms with Gasteiger partial charge in [0.2, 0.25) is 10.0 Å². The Bertz CT molecular complexity index is 1360. The summed E-state index contributed by atoms with van der Waals surface area (Å²) in [5, 5.41) is 9.94. The molecule has 2 aromatic heterocycles. The van der Waals surface area contributed by atoms with E-state index in [-0.39, 0.29) is 5.78 Å². The number of aromatic nitrogens is 3. The minimum absolute atomic E-state index is 0.0703. The van der Waals surface area contributed by atoms with Gasteiger partial charge in [-0.1, -0.05) is 30.0 Å². The van der Waals surface area contributed by atoms with E-state index in [4.69, 9.17) is 0 Å². The standard InChI is InChI=1S/C21H20N4O3S2/c1-13-12-19-22-23-21(25(19)18-7-5-4-6-17(13)18)29-14(2)20(26)15-8-10-16(11-9-15)24-30(3,27)28/h4-12,14,24H,1-3H3/t14-/m1/s1. The first-order chi connectivity index (χ1) is 14.2. The van der Waals surface area contributed by atoms with E-state index in [1.165, 1.54) is 11.8 Å². The highest BCUT2D eigenvalue weighted by atomic mass is 32.2. The van der Waals surface area contributed by atoms with Gasteiger partial charge in [-0.3, -0.25) is 13.9 Å². The number of hydrogen-bond acceptors (Lipinski definition) is 6. The normalized spacial score (nSPS) is 12.9. The van der Waals surface area contributed by atoms with Crippen molar-refractivity contribution >= 4 is 49.8 Å². The first-order valence-electron chi connectivity index (χ1n) is 9.25. The molecule has 0 amide bonds. The van der Waals surface area contributed by atoms with Crippen LogP contribution in [0.3, 0.4) is 0 Å². The molecular formula is C21H20N4O3S2. The molecule has 2 heterocycles. The van der Waals surface area contributed by atoms with Crippen LogP contribution in [0.5, 0.6) is 0 Å². The molecule has 30 heavy (non-hydrogen) atoms. The maximum Gasteiger partial charge on any atom is 0.229 e. The molecule has 0 saturated heterocycles. The Hall–Kier alpha value is -2.91. The fourth-order valence-electron chi connectivity index (χ4n) is 3.31. The van der Waals surface area contributed by atoms with Gasteiger partial charge in [-0.25, -0.2) is 8.42 Å². The molecule has 0 aliphatic carbocycles. The molecule has 0 aliphatic heterocycles. The van der Waals surface area contributed by atoms with Crippen molar-refractivity contribution in [2.24, 2.45) is 0 Å². The van der Waals surface area contributed by atoms with Gasteiger partial charge in [-0.2, -0.15) is 0 Å². The molecule has 0 radical (unpaired) electrons. The Kier molecular flexibility index (Phi) is 5.25.